The molecule has 7 heteroatoms. The van der Waals surface area contributed by atoms with E-state index in [4.69, 9.17) is 32.9 Å². The van der Waals surface area contributed by atoms with Crippen LogP contribution in [0.15, 0.2) is 36.5 Å². The molecule has 27 heavy (non-hydrogen) atoms. The highest BCUT2D eigenvalue weighted by Crippen LogP contribution is 2.38. The van der Waals surface area contributed by atoms with Crippen LogP contribution in [0.1, 0.15) is 24.3 Å². The molecule has 0 radical (unpaired) electrons. The van der Waals surface area contributed by atoms with Crippen molar-refractivity contribution in [2.24, 2.45) is 0 Å². The molecule has 3 heterocycles. The van der Waals surface area contributed by atoms with Crippen molar-refractivity contribution < 1.29 is 4.74 Å². The molecular formula is C20H20Cl2N4O. The predicted molar refractivity (Wildman–Crippen MR) is 111 cm³/mol. The molecule has 1 aliphatic rings. The average Bonchev–Trinajstić information content (AvgIpc) is 2.69. The smallest absolute Gasteiger partial charge is 0.163 e. The summed E-state index contributed by atoms with van der Waals surface area (Å²) in [6.45, 7) is 2.06. The van der Waals surface area contributed by atoms with Gasteiger partial charge in [-0.05, 0) is 61.7 Å². The Morgan fingerprint density at radius 3 is 2.74 bits per heavy atom. The summed E-state index contributed by atoms with van der Waals surface area (Å²) in [6.07, 6.45) is 4.00. The van der Waals surface area contributed by atoms with Crippen LogP contribution in [0.3, 0.4) is 0 Å². The lowest BCUT2D eigenvalue weighted by molar-refractivity contribution is 0.419. The number of hydrogen-bond acceptors (Lipinski definition) is 5. The Morgan fingerprint density at radius 2 is 1.96 bits per heavy atom. The zero-order chi connectivity index (χ0) is 18.8. The quantitative estimate of drug-likeness (QED) is 0.631. The second-order valence-electron chi connectivity index (χ2n) is 6.56. The Morgan fingerprint density at radius 1 is 1.15 bits per heavy atom. The highest BCUT2D eigenvalue weighted by atomic mass is 35.5. The monoisotopic (exact) mass is 402 g/mol. The van der Waals surface area contributed by atoms with E-state index >= 15 is 0 Å². The van der Waals surface area contributed by atoms with E-state index in [2.05, 4.69) is 21.7 Å². The summed E-state index contributed by atoms with van der Waals surface area (Å²) in [7, 11) is 1.57. The number of aromatic nitrogens is 2. The van der Waals surface area contributed by atoms with Gasteiger partial charge >= 0.3 is 0 Å². The van der Waals surface area contributed by atoms with Gasteiger partial charge in [-0.1, -0.05) is 29.3 Å². The minimum Gasteiger partial charge on any atom is -0.493 e. The highest BCUT2D eigenvalue weighted by Gasteiger charge is 2.19. The number of pyridine rings is 2. The maximum Gasteiger partial charge on any atom is 0.163 e. The van der Waals surface area contributed by atoms with Gasteiger partial charge in [-0.2, -0.15) is 0 Å². The van der Waals surface area contributed by atoms with Crippen molar-refractivity contribution >= 4 is 45.7 Å². The number of hydrogen-bond donors (Lipinski definition) is 2. The van der Waals surface area contributed by atoms with E-state index in [0.29, 0.717) is 33.0 Å². The maximum absolute atomic E-state index is 6.31. The Kier molecular flexibility index (Phi) is 5.34. The van der Waals surface area contributed by atoms with E-state index in [1.54, 1.807) is 19.4 Å². The summed E-state index contributed by atoms with van der Waals surface area (Å²) in [5.74, 6) is 2.51. The van der Waals surface area contributed by atoms with Crippen LogP contribution in [-0.4, -0.2) is 30.2 Å². The van der Waals surface area contributed by atoms with E-state index in [9.17, 15) is 0 Å². The van der Waals surface area contributed by atoms with Gasteiger partial charge in [0.15, 0.2) is 5.75 Å². The van der Waals surface area contributed by atoms with Crippen LogP contribution in [0.5, 0.6) is 5.75 Å². The number of halogens is 2. The minimum atomic E-state index is 0.438. The van der Waals surface area contributed by atoms with Crippen LogP contribution in [0.2, 0.25) is 10.0 Å². The number of rotatable bonds is 4. The second kappa shape index (κ2) is 7.89. The molecular weight excluding hydrogens is 383 g/mol. The first-order chi connectivity index (χ1) is 13.2. The number of piperidine rings is 1. The number of nitrogens with one attached hydrogen (secondary N) is 2. The summed E-state index contributed by atoms with van der Waals surface area (Å²) >= 11 is 12.6. The van der Waals surface area contributed by atoms with Crippen molar-refractivity contribution in [1.29, 1.82) is 0 Å². The maximum atomic E-state index is 6.31. The van der Waals surface area contributed by atoms with Gasteiger partial charge in [0.05, 0.1) is 17.2 Å². The highest BCUT2D eigenvalue weighted by molar-refractivity contribution is 6.39. The first-order valence-electron chi connectivity index (χ1n) is 8.93. The molecule has 2 aromatic heterocycles. The third-order valence-corrected chi connectivity index (χ3v) is 5.50. The molecule has 0 spiro atoms. The van der Waals surface area contributed by atoms with E-state index in [1.165, 1.54) is 5.56 Å². The lowest BCUT2D eigenvalue weighted by Crippen LogP contribution is -2.27. The molecule has 2 N–H and O–H groups in total. The lowest BCUT2D eigenvalue weighted by Gasteiger charge is -2.24. The Hall–Kier alpha value is -2.08. The van der Waals surface area contributed by atoms with Gasteiger partial charge in [0.2, 0.25) is 0 Å². The number of methoxy groups -OCH3 is 1. The number of fused-ring (bicyclic) bond motifs is 1. The van der Waals surface area contributed by atoms with E-state index in [1.807, 2.05) is 18.2 Å². The van der Waals surface area contributed by atoms with Crippen molar-refractivity contribution in [3.8, 4) is 5.75 Å². The fourth-order valence-corrected chi connectivity index (χ4v) is 4.16. The van der Waals surface area contributed by atoms with Gasteiger partial charge in [-0.3, -0.25) is 0 Å². The molecule has 5 nitrogen and oxygen atoms in total. The summed E-state index contributed by atoms with van der Waals surface area (Å²) in [5.41, 5.74) is 1.84. The first-order valence-corrected chi connectivity index (χ1v) is 9.68. The molecule has 1 fully saturated rings. The lowest BCUT2D eigenvalue weighted by atomic mass is 9.90. The van der Waals surface area contributed by atoms with Crippen molar-refractivity contribution in [1.82, 2.24) is 15.3 Å². The molecule has 0 amide bonds. The van der Waals surface area contributed by atoms with Crippen LogP contribution >= 0.6 is 23.2 Å². The molecule has 1 aliphatic heterocycles. The first kappa shape index (κ1) is 18.3. The zero-order valence-electron chi connectivity index (χ0n) is 14.9. The molecule has 3 aromatic rings. The van der Waals surface area contributed by atoms with Crippen molar-refractivity contribution in [2.75, 3.05) is 25.5 Å². The Bertz CT molecular complexity index is 974. The number of nitrogens with zero attached hydrogens (tertiary/aromatic N) is 2. The van der Waals surface area contributed by atoms with E-state index in [-0.39, 0.29) is 0 Å². The van der Waals surface area contributed by atoms with Crippen molar-refractivity contribution in [3.63, 3.8) is 0 Å². The fraction of sp³-hybridized carbons (Fsp3) is 0.300. The van der Waals surface area contributed by atoms with Gasteiger partial charge in [-0.25, -0.2) is 9.97 Å². The van der Waals surface area contributed by atoms with Crippen LogP contribution in [0.4, 0.5) is 11.6 Å². The SMILES string of the molecule is COc1c(Cl)cc(Cl)c2ccc(Nc3ncccc3C3CCNCC3)nc12. The second-order valence-corrected chi connectivity index (χ2v) is 7.37. The van der Waals surface area contributed by atoms with Crippen LogP contribution in [0, 0.1) is 0 Å². The fourth-order valence-electron chi connectivity index (χ4n) is 3.56. The molecule has 4 rings (SSSR count). The molecule has 0 bridgehead atoms. The normalized spacial score (nSPS) is 15.1. The van der Waals surface area contributed by atoms with E-state index < -0.39 is 0 Å². The Balaban J connectivity index is 1.72. The molecule has 1 saturated heterocycles. The van der Waals surface area contributed by atoms with Gasteiger partial charge in [0, 0.05) is 11.6 Å². The number of anilines is 2. The molecule has 0 unspecified atom stereocenters. The van der Waals surface area contributed by atoms with Gasteiger partial charge < -0.3 is 15.4 Å². The van der Waals surface area contributed by atoms with Crippen LogP contribution in [0.25, 0.3) is 10.9 Å². The van der Waals surface area contributed by atoms with Gasteiger partial charge in [-0.15, -0.1) is 0 Å². The summed E-state index contributed by atoms with van der Waals surface area (Å²) in [4.78, 5) is 9.24. The third-order valence-electron chi connectivity index (χ3n) is 4.91. The van der Waals surface area contributed by atoms with Crippen molar-refractivity contribution in [3.05, 3.63) is 52.1 Å². The predicted octanol–water partition coefficient (Wildman–Crippen LogP) is 5.16. The van der Waals surface area contributed by atoms with Gasteiger partial charge in [0.1, 0.15) is 17.2 Å². The molecule has 0 atom stereocenters. The largest absolute Gasteiger partial charge is 0.493 e. The molecule has 0 saturated carbocycles. The topological polar surface area (TPSA) is 59.1 Å². The average molecular weight is 403 g/mol. The van der Waals surface area contributed by atoms with Crippen LogP contribution in [-0.2, 0) is 0 Å². The van der Waals surface area contributed by atoms with Gasteiger partial charge in [0.25, 0.3) is 0 Å². The summed E-state index contributed by atoms with van der Waals surface area (Å²) in [6, 6.07) is 9.61. The number of benzene rings is 1. The molecule has 0 aliphatic carbocycles. The number of ether oxygens (including phenoxy) is 1. The van der Waals surface area contributed by atoms with Crippen molar-refractivity contribution in [2.45, 2.75) is 18.8 Å². The zero-order valence-corrected chi connectivity index (χ0v) is 16.4. The summed E-state index contributed by atoms with van der Waals surface area (Å²) < 4.78 is 5.43. The molecule has 140 valence electrons. The Labute approximate surface area is 168 Å². The standard InChI is InChI=1S/C20H20Cl2N4O/c1-27-19-16(22)11-15(21)14-4-5-17(25-18(14)19)26-20-13(3-2-8-24-20)12-6-9-23-10-7-12/h2-5,8,11-12,23H,6-7,9-10H2,1H3,(H,24,25,26). The van der Waals surface area contributed by atoms with Crippen LogP contribution < -0.4 is 15.4 Å². The van der Waals surface area contributed by atoms with E-state index in [0.717, 1.165) is 37.1 Å². The summed E-state index contributed by atoms with van der Waals surface area (Å²) in [5, 5.41) is 8.55. The minimum absolute atomic E-state index is 0.438. The third kappa shape index (κ3) is 3.68. The molecule has 1 aromatic carbocycles.